The average molecular weight is 286 g/mol. The number of thiazole rings is 1. The van der Waals surface area contributed by atoms with Crippen molar-refractivity contribution in [1.82, 2.24) is 4.98 Å². The maximum Gasteiger partial charge on any atom is 0.416 e. The lowest BCUT2D eigenvalue weighted by atomic mass is 10.2. The first-order valence-electron chi connectivity index (χ1n) is 5.70. The molecular weight excluding hydrogens is 273 g/mol. The molecular formula is C13H13F3N2S. The van der Waals surface area contributed by atoms with Gasteiger partial charge in [-0.25, -0.2) is 4.98 Å². The summed E-state index contributed by atoms with van der Waals surface area (Å²) in [5.74, 6) is 0. The molecule has 0 aliphatic carbocycles. The number of aromatic nitrogens is 1. The highest BCUT2D eigenvalue weighted by atomic mass is 32.1. The number of aryl methyl sites for hydroxylation is 2. The van der Waals surface area contributed by atoms with E-state index in [4.69, 9.17) is 0 Å². The van der Waals surface area contributed by atoms with Gasteiger partial charge in [-0.3, -0.25) is 0 Å². The number of hydrogen-bond donors (Lipinski definition) is 1. The van der Waals surface area contributed by atoms with Crippen LogP contribution in [0, 0.1) is 13.8 Å². The van der Waals surface area contributed by atoms with Gasteiger partial charge in [-0.05, 0) is 38.1 Å². The Kier molecular flexibility index (Phi) is 3.80. The van der Waals surface area contributed by atoms with Crippen LogP contribution in [0.4, 0.5) is 18.9 Å². The predicted molar refractivity (Wildman–Crippen MR) is 70.4 cm³/mol. The highest BCUT2D eigenvalue weighted by molar-refractivity contribution is 7.11. The quantitative estimate of drug-likeness (QED) is 0.905. The van der Waals surface area contributed by atoms with E-state index in [9.17, 15) is 13.2 Å². The average Bonchev–Trinajstić information content (AvgIpc) is 2.66. The largest absolute Gasteiger partial charge is 0.416 e. The zero-order chi connectivity index (χ0) is 14.0. The number of hydrogen-bond acceptors (Lipinski definition) is 3. The molecule has 19 heavy (non-hydrogen) atoms. The van der Waals surface area contributed by atoms with Gasteiger partial charge in [0.2, 0.25) is 0 Å². The number of anilines is 1. The van der Waals surface area contributed by atoms with Crippen LogP contribution in [-0.2, 0) is 12.7 Å². The number of rotatable bonds is 3. The van der Waals surface area contributed by atoms with Crippen LogP contribution >= 0.6 is 11.3 Å². The lowest BCUT2D eigenvalue weighted by Gasteiger charge is -2.08. The summed E-state index contributed by atoms with van der Waals surface area (Å²) in [5.41, 5.74) is 1.01. The molecule has 0 unspecified atom stereocenters. The SMILES string of the molecule is Cc1nc(CNc2ccc(C(F)(F)F)cc2)sc1C. The van der Waals surface area contributed by atoms with Crippen molar-refractivity contribution in [2.75, 3.05) is 5.32 Å². The summed E-state index contributed by atoms with van der Waals surface area (Å²) in [6.07, 6.45) is -4.29. The Bertz CT molecular complexity index is 539. The molecule has 2 rings (SSSR count). The lowest BCUT2D eigenvalue weighted by molar-refractivity contribution is -0.137. The van der Waals surface area contributed by atoms with Crippen LogP contribution in [0.25, 0.3) is 0 Å². The summed E-state index contributed by atoms with van der Waals surface area (Å²) in [7, 11) is 0. The molecule has 1 aromatic heterocycles. The van der Waals surface area contributed by atoms with Gasteiger partial charge < -0.3 is 5.32 Å². The fourth-order valence-corrected chi connectivity index (χ4v) is 2.44. The number of benzene rings is 1. The second kappa shape index (κ2) is 5.21. The molecule has 0 fully saturated rings. The van der Waals surface area contributed by atoms with Crippen LogP contribution in [-0.4, -0.2) is 4.98 Å². The van der Waals surface area contributed by atoms with E-state index in [1.54, 1.807) is 11.3 Å². The van der Waals surface area contributed by atoms with Crippen molar-refractivity contribution in [1.29, 1.82) is 0 Å². The van der Waals surface area contributed by atoms with Gasteiger partial charge in [-0.15, -0.1) is 11.3 Å². The molecule has 1 N–H and O–H groups in total. The van der Waals surface area contributed by atoms with Crippen LogP contribution in [0.5, 0.6) is 0 Å². The molecule has 1 heterocycles. The van der Waals surface area contributed by atoms with Gasteiger partial charge >= 0.3 is 6.18 Å². The molecule has 2 nitrogen and oxygen atoms in total. The second-order valence-electron chi connectivity index (χ2n) is 4.18. The minimum Gasteiger partial charge on any atom is -0.379 e. The Labute approximate surface area is 113 Å². The summed E-state index contributed by atoms with van der Waals surface area (Å²) >= 11 is 1.59. The van der Waals surface area contributed by atoms with Crippen molar-refractivity contribution >= 4 is 17.0 Å². The summed E-state index contributed by atoms with van der Waals surface area (Å²) in [5, 5.41) is 3.99. The van der Waals surface area contributed by atoms with Crippen molar-refractivity contribution < 1.29 is 13.2 Å². The van der Waals surface area contributed by atoms with Crippen LogP contribution in [0.1, 0.15) is 21.1 Å². The van der Waals surface area contributed by atoms with E-state index in [-0.39, 0.29) is 0 Å². The maximum absolute atomic E-state index is 12.4. The number of halogens is 3. The van der Waals surface area contributed by atoms with E-state index < -0.39 is 11.7 Å². The van der Waals surface area contributed by atoms with Crippen LogP contribution in [0.3, 0.4) is 0 Å². The van der Waals surface area contributed by atoms with Gasteiger partial charge in [-0.2, -0.15) is 13.2 Å². The van der Waals surface area contributed by atoms with E-state index in [1.807, 2.05) is 13.8 Å². The third-order valence-corrected chi connectivity index (χ3v) is 3.80. The summed E-state index contributed by atoms with van der Waals surface area (Å²) < 4.78 is 37.2. The zero-order valence-corrected chi connectivity index (χ0v) is 11.3. The van der Waals surface area contributed by atoms with Crippen molar-refractivity contribution in [2.24, 2.45) is 0 Å². The van der Waals surface area contributed by atoms with E-state index in [2.05, 4.69) is 10.3 Å². The lowest BCUT2D eigenvalue weighted by Crippen LogP contribution is -2.05. The molecule has 0 saturated heterocycles. The highest BCUT2D eigenvalue weighted by Crippen LogP contribution is 2.30. The first-order chi connectivity index (χ1) is 8.86. The Morgan fingerprint density at radius 3 is 2.26 bits per heavy atom. The molecule has 2 aromatic rings. The van der Waals surface area contributed by atoms with Gasteiger partial charge in [0, 0.05) is 10.6 Å². The molecule has 0 radical (unpaired) electrons. The van der Waals surface area contributed by atoms with E-state index >= 15 is 0 Å². The van der Waals surface area contributed by atoms with Crippen LogP contribution < -0.4 is 5.32 Å². The van der Waals surface area contributed by atoms with E-state index in [0.717, 1.165) is 27.7 Å². The first kappa shape index (κ1) is 13.9. The highest BCUT2D eigenvalue weighted by Gasteiger charge is 2.29. The predicted octanol–water partition coefficient (Wildman–Crippen LogP) is 4.39. The van der Waals surface area contributed by atoms with Gasteiger partial charge in [-0.1, -0.05) is 0 Å². The molecule has 0 spiro atoms. The smallest absolute Gasteiger partial charge is 0.379 e. The Morgan fingerprint density at radius 2 is 1.79 bits per heavy atom. The number of nitrogens with one attached hydrogen (secondary N) is 1. The van der Waals surface area contributed by atoms with Gasteiger partial charge in [0.25, 0.3) is 0 Å². The van der Waals surface area contributed by atoms with Crippen LogP contribution in [0.2, 0.25) is 0 Å². The maximum atomic E-state index is 12.4. The number of alkyl halides is 3. The van der Waals surface area contributed by atoms with Crippen molar-refractivity contribution in [3.8, 4) is 0 Å². The molecule has 0 saturated carbocycles. The fraction of sp³-hybridized carbons (Fsp3) is 0.308. The minimum atomic E-state index is -4.29. The summed E-state index contributed by atoms with van der Waals surface area (Å²) in [6, 6.07) is 4.99. The topological polar surface area (TPSA) is 24.9 Å². The normalized spacial score (nSPS) is 11.6. The van der Waals surface area contributed by atoms with Gasteiger partial charge in [0.1, 0.15) is 5.01 Å². The molecule has 0 amide bonds. The molecule has 0 aliphatic heterocycles. The van der Waals surface area contributed by atoms with Crippen molar-refractivity contribution in [3.63, 3.8) is 0 Å². The number of nitrogens with zero attached hydrogens (tertiary/aromatic N) is 1. The Balaban J connectivity index is 2.00. The standard InChI is InChI=1S/C13H13F3N2S/c1-8-9(2)19-12(18-8)7-17-11-5-3-10(4-6-11)13(14,15)16/h3-6,17H,7H2,1-2H3. The third-order valence-electron chi connectivity index (χ3n) is 2.73. The minimum absolute atomic E-state index is 0.519. The Hall–Kier alpha value is -1.56. The monoisotopic (exact) mass is 286 g/mol. The molecule has 1 aromatic carbocycles. The fourth-order valence-electron chi connectivity index (χ4n) is 1.57. The van der Waals surface area contributed by atoms with Crippen molar-refractivity contribution in [3.05, 3.63) is 45.4 Å². The van der Waals surface area contributed by atoms with Gasteiger partial charge in [0.05, 0.1) is 17.8 Å². The van der Waals surface area contributed by atoms with E-state index in [1.165, 1.54) is 12.1 Å². The third kappa shape index (κ3) is 3.47. The molecule has 0 aliphatic rings. The molecule has 0 atom stereocenters. The second-order valence-corrected chi connectivity index (χ2v) is 5.47. The van der Waals surface area contributed by atoms with Crippen LogP contribution in [0.15, 0.2) is 24.3 Å². The molecule has 102 valence electrons. The summed E-state index contributed by atoms with van der Waals surface area (Å²) in [4.78, 5) is 5.51. The Morgan fingerprint density at radius 1 is 1.16 bits per heavy atom. The summed E-state index contributed by atoms with van der Waals surface area (Å²) in [6.45, 7) is 4.45. The van der Waals surface area contributed by atoms with Crippen molar-refractivity contribution in [2.45, 2.75) is 26.6 Å². The van der Waals surface area contributed by atoms with Gasteiger partial charge in [0.15, 0.2) is 0 Å². The molecule has 6 heteroatoms. The first-order valence-corrected chi connectivity index (χ1v) is 6.52. The zero-order valence-electron chi connectivity index (χ0n) is 10.5. The molecule has 0 bridgehead atoms. The van der Waals surface area contributed by atoms with E-state index in [0.29, 0.717) is 12.2 Å².